The van der Waals surface area contributed by atoms with Crippen LogP contribution >= 0.6 is 23.4 Å². The highest BCUT2D eigenvalue weighted by molar-refractivity contribution is 8.00. The smallest absolute Gasteiger partial charge is 0.446 e. The van der Waals surface area contributed by atoms with Crippen molar-refractivity contribution in [2.24, 2.45) is 0 Å². The van der Waals surface area contributed by atoms with E-state index in [2.05, 4.69) is 10.3 Å². The molecule has 2 heterocycles. The zero-order valence-electron chi connectivity index (χ0n) is 20.8. The van der Waals surface area contributed by atoms with E-state index in [0.717, 1.165) is 21.8 Å². The zero-order chi connectivity index (χ0) is 27.7. The molecule has 2 amide bonds. The number of rotatable bonds is 8. The first-order valence-electron chi connectivity index (χ1n) is 11.5. The number of ether oxygens (including phenoxy) is 1. The molecule has 0 spiro atoms. The van der Waals surface area contributed by atoms with Crippen LogP contribution in [0.3, 0.4) is 0 Å². The molecule has 12 heteroatoms. The second-order valence-electron chi connectivity index (χ2n) is 9.18. The van der Waals surface area contributed by atoms with Crippen molar-refractivity contribution in [2.75, 3.05) is 17.3 Å². The summed E-state index contributed by atoms with van der Waals surface area (Å²) in [6.07, 6.45) is 0.367. The number of aliphatic hydroxyl groups excluding tert-OH is 1. The number of aliphatic hydroxyl groups is 1. The number of carbonyl (C=O) groups is 1. The molecule has 38 heavy (non-hydrogen) atoms. The first kappa shape index (κ1) is 27.9. The first-order chi connectivity index (χ1) is 17.9. The van der Waals surface area contributed by atoms with Gasteiger partial charge in [-0.2, -0.15) is 13.2 Å². The van der Waals surface area contributed by atoms with Crippen LogP contribution in [0.4, 0.5) is 29.5 Å². The van der Waals surface area contributed by atoms with Crippen LogP contribution in [-0.2, 0) is 13.1 Å². The lowest BCUT2D eigenvalue weighted by Gasteiger charge is -2.32. The normalized spacial score (nSPS) is 17.2. The number of nitrogens with zero attached hydrogens (tertiary/aromatic N) is 3. The second-order valence-corrected chi connectivity index (χ2v) is 10.7. The lowest BCUT2D eigenvalue weighted by molar-refractivity contribution is -0.0328. The molecule has 7 nitrogen and oxygen atoms in total. The molecule has 0 aliphatic carbocycles. The van der Waals surface area contributed by atoms with Crippen molar-refractivity contribution in [1.82, 2.24) is 9.88 Å². The molecule has 3 aromatic rings. The number of methoxy groups -OCH3 is 1. The van der Waals surface area contributed by atoms with Crippen molar-refractivity contribution in [3.05, 3.63) is 76.9 Å². The Hall–Kier alpha value is -3.15. The molecule has 1 fully saturated rings. The summed E-state index contributed by atoms with van der Waals surface area (Å²) < 4.78 is 43.5. The summed E-state index contributed by atoms with van der Waals surface area (Å²) in [6, 6.07) is 14.5. The van der Waals surface area contributed by atoms with Crippen LogP contribution in [0.5, 0.6) is 5.75 Å². The Kier molecular flexibility index (Phi) is 8.01. The fourth-order valence-corrected chi connectivity index (χ4v) is 4.93. The first-order valence-corrected chi connectivity index (χ1v) is 12.7. The Labute approximate surface area is 227 Å². The van der Waals surface area contributed by atoms with Crippen molar-refractivity contribution in [1.29, 1.82) is 0 Å². The third-order valence-electron chi connectivity index (χ3n) is 6.23. The molecule has 1 aromatic heterocycles. The van der Waals surface area contributed by atoms with Crippen LogP contribution in [-0.4, -0.2) is 45.4 Å². The van der Waals surface area contributed by atoms with Crippen molar-refractivity contribution < 1.29 is 27.8 Å². The highest BCUT2D eigenvalue weighted by Gasteiger charge is 2.51. The van der Waals surface area contributed by atoms with Gasteiger partial charge in [-0.3, -0.25) is 4.90 Å². The molecule has 0 saturated carbocycles. The highest BCUT2D eigenvalue weighted by Crippen LogP contribution is 2.43. The molecule has 1 atom stereocenters. The van der Waals surface area contributed by atoms with Crippen LogP contribution in [0.1, 0.15) is 25.0 Å². The molecule has 2 aromatic carbocycles. The van der Waals surface area contributed by atoms with E-state index in [-0.39, 0.29) is 33.9 Å². The number of nitrogens with one attached hydrogen (secondary N) is 1. The number of aromatic nitrogens is 1. The predicted octanol–water partition coefficient (Wildman–Crippen LogP) is 6.51. The van der Waals surface area contributed by atoms with Crippen LogP contribution < -0.4 is 15.0 Å². The van der Waals surface area contributed by atoms with Gasteiger partial charge in [-0.1, -0.05) is 23.7 Å². The third-order valence-corrected chi connectivity index (χ3v) is 7.46. The third kappa shape index (κ3) is 6.11. The van der Waals surface area contributed by atoms with E-state index in [0.29, 0.717) is 12.4 Å². The van der Waals surface area contributed by atoms with Gasteiger partial charge in [0.05, 0.1) is 17.7 Å². The minimum absolute atomic E-state index is 0.164. The average molecular weight is 567 g/mol. The van der Waals surface area contributed by atoms with Gasteiger partial charge in [0.15, 0.2) is 6.23 Å². The topological polar surface area (TPSA) is 77.9 Å². The second kappa shape index (κ2) is 10.9. The van der Waals surface area contributed by atoms with Gasteiger partial charge in [0.1, 0.15) is 11.6 Å². The van der Waals surface area contributed by atoms with Gasteiger partial charge in [0.2, 0.25) is 0 Å². The van der Waals surface area contributed by atoms with E-state index in [9.17, 15) is 23.1 Å². The zero-order valence-corrected chi connectivity index (χ0v) is 22.4. The summed E-state index contributed by atoms with van der Waals surface area (Å²) in [5.74, 6) is 1.38. The van der Waals surface area contributed by atoms with Gasteiger partial charge >= 0.3 is 11.5 Å². The number of alkyl halides is 3. The van der Waals surface area contributed by atoms with Gasteiger partial charge in [-0.15, -0.1) is 0 Å². The Morgan fingerprint density at radius 3 is 2.47 bits per heavy atom. The van der Waals surface area contributed by atoms with Crippen molar-refractivity contribution in [3.8, 4) is 5.75 Å². The van der Waals surface area contributed by atoms with E-state index in [1.807, 2.05) is 30.3 Å². The Morgan fingerprint density at radius 1 is 1.13 bits per heavy atom. The van der Waals surface area contributed by atoms with Gasteiger partial charge in [-0.05, 0) is 79.2 Å². The van der Waals surface area contributed by atoms with Crippen LogP contribution in [0.15, 0.2) is 65.7 Å². The Bertz CT molecular complexity index is 1310. The summed E-state index contributed by atoms with van der Waals surface area (Å²) >= 11 is 5.74. The molecular weight excluding hydrogens is 541 g/mol. The number of halogens is 4. The average Bonchev–Trinajstić information content (AvgIpc) is 3.03. The maximum Gasteiger partial charge on any atom is 0.446 e. The number of hydrogen-bond acceptors (Lipinski definition) is 6. The Morgan fingerprint density at radius 2 is 1.84 bits per heavy atom. The molecule has 0 bridgehead atoms. The summed E-state index contributed by atoms with van der Waals surface area (Å²) in [4.78, 5) is 20.2. The maximum atomic E-state index is 13.4. The van der Waals surface area contributed by atoms with Crippen LogP contribution in [0, 0.1) is 0 Å². The lowest BCUT2D eigenvalue weighted by atomic mass is 10.0. The summed E-state index contributed by atoms with van der Waals surface area (Å²) in [5, 5.41) is 14.1. The number of benzene rings is 2. The molecule has 1 aliphatic heterocycles. The molecule has 1 saturated heterocycles. The molecule has 2 N–H and O–H groups in total. The molecule has 1 unspecified atom stereocenters. The van der Waals surface area contributed by atoms with E-state index < -0.39 is 23.3 Å². The van der Waals surface area contributed by atoms with Crippen LogP contribution in [0.2, 0.25) is 5.02 Å². The van der Waals surface area contributed by atoms with Gasteiger partial charge in [0, 0.05) is 29.9 Å². The summed E-state index contributed by atoms with van der Waals surface area (Å²) in [5.41, 5.74) is -3.50. The van der Waals surface area contributed by atoms with Crippen molar-refractivity contribution >= 4 is 40.9 Å². The van der Waals surface area contributed by atoms with E-state index in [4.69, 9.17) is 16.3 Å². The number of hydrogen-bond donors (Lipinski definition) is 2. The molecule has 1 aliphatic rings. The monoisotopic (exact) mass is 566 g/mol. The number of pyridine rings is 1. The molecular formula is C26H26ClF3N4O3S. The standard InChI is InChI=1S/C26H26ClF3N4O3S/c1-25(2)23(35)34(18-6-9-21(20(27)13-18)38-26(28,29)30)24(36)33(25)15-17-10-11-31-22(12-17)32-14-16-4-7-19(37-3)8-5-16/h4-13,23,35H,14-15H2,1-3H3,(H,31,32). The SMILES string of the molecule is COc1ccc(CNc2cc(CN3C(=O)N(c4ccc(SC(F)(F)F)c(Cl)c4)C(O)C3(C)C)ccn2)cc1. The van der Waals surface area contributed by atoms with E-state index in [1.54, 1.807) is 33.2 Å². The predicted molar refractivity (Wildman–Crippen MR) is 141 cm³/mol. The number of thioether (sulfide) groups is 1. The maximum absolute atomic E-state index is 13.4. The van der Waals surface area contributed by atoms with Crippen molar-refractivity contribution in [3.63, 3.8) is 0 Å². The quantitative estimate of drug-likeness (QED) is 0.303. The Balaban J connectivity index is 1.49. The van der Waals surface area contributed by atoms with Gasteiger partial charge in [0.25, 0.3) is 0 Å². The number of urea groups is 1. The van der Waals surface area contributed by atoms with Gasteiger partial charge < -0.3 is 20.1 Å². The number of amides is 2. The fourth-order valence-electron chi connectivity index (χ4n) is 4.09. The molecule has 202 valence electrons. The van der Waals surface area contributed by atoms with Crippen LogP contribution in [0.25, 0.3) is 0 Å². The van der Waals surface area contributed by atoms with Gasteiger partial charge in [-0.25, -0.2) is 9.78 Å². The highest BCUT2D eigenvalue weighted by atomic mass is 35.5. The number of carbonyl (C=O) groups excluding carboxylic acids is 1. The number of anilines is 2. The largest absolute Gasteiger partial charge is 0.497 e. The molecule has 4 rings (SSSR count). The summed E-state index contributed by atoms with van der Waals surface area (Å²) in [6.45, 7) is 4.14. The fraction of sp³-hybridized carbons (Fsp3) is 0.308. The summed E-state index contributed by atoms with van der Waals surface area (Å²) in [7, 11) is 1.61. The minimum Gasteiger partial charge on any atom is -0.497 e. The van der Waals surface area contributed by atoms with E-state index in [1.165, 1.54) is 23.1 Å². The molecule has 0 radical (unpaired) electrons. The minimum atomic E-state index is -4.50. The van der Waals surface area contributed by atoms with E-state index >= 15 is 0 Å². The van der Waals surface area contributed by atoms with Crippen molar-refractivity contribution in [2.45, 2.75) is 49.1 Å². The lowest BCUT2D eigenvalue weighted by Crippen LogP contribution is -2.46.